The Morgan fingerprint density at radius 2 is 2.06 bits per heavy atom. The molecule has 0 aromatic rings. The van der Waals surface area contributed by atoms with Crippen molar-refractivity contribution >= 4 is 5.91 Å². The minimum atomic E-state index is -0.590. The minimum Gasteiger partial charge on any atom is -0.388 e. The molecule has 0 aromatic carbocycles. The predicted molar refractivity (Wildman–Crippen MR) is 68.2 cm³/mol. The maximum Gasteiger partial charge on any atom is 0.223 e. The number of carbonyl (C=O) groups is 1. The minimum absolute atomic E-state index is 0.0751. The van der Waals surface area contributed by atoms with Gasteiger partial charge in [-0.2, -0.15) is 0 Å². The van der Waals surface area contributed by atoms with Crippen molar-refractivity contribution in [2.45, 2.75) is 44.9 Å². The second kappa shape index (κ2) is 5.99. The molecular formula is C13H24N2O3. The van der Waals surface area contributed by atoms with E-state index < -0.39 is 6.10 Å². The summed E-state index contributed by atoms with van der Waals surface area (Å²) in [5.41, 5.74) is 0. The fraction of sp³-hybridized carbons (Fsp3) is 0.923. The van der Waals surface area contributed by atoms with E-state index in [-0.39, 0.29) is 24.0 Å². The van der Waals surface area contributed by atoms with Gasteiger partial charge in [0.1, 0.15) is 6.10 Å². The standard InChI is InChI=1S/C13H24N2O3/c1-3-15(4-2)7-11-12(16)10(8-18-11)14-13(17)9-5-6-9/h9-12,16H,3-8H2,1-2H3,(H,14,17)/t10-,11+,12-/m1/s1. The van der Waals surface area contributed by atoms with Gasteiger partial charge < -0.3 is 20.1 Å². The summed E-state index contributed by atoms with van der Waals surface area (Å²) in [5, 5.41) is 13.1. The third kappa shape index (κ3) is 3.22. The van der Waals surface area contributed by atoms with Gasteiger partial charge in [-0.15, -0.1) is 0 Å². The molecular weight excluding hydrogens is 232 g/mol. The van der Waals surface area contributed by atoms with Crippen LogP contribution in [0.5, 0.6) is 0 Å². The molecule has 0 bridgehead atoms. The van der Waals surface area contributed by atoms with Crippen molar-refractivity contribution in [3.05, 3.63) is 0 Å². The summed E-state index contributed by atoms with van der Waals surface area (Å²) in [6, 6.07) is -0.237. The third-order valence-electron chi connectivity index (χ3n) is 3.89. The fourth-order valence-electron chi connectivity index (χ4n) is 2.35. The van der Waals surface area contributed by atoms with Crippen LogP contribution in [0.3, 0.4) is 0 Å². The van der Waals surface area contributed by atoms with E-state index in [0.29, 0.717) is 6.61 Å². The van der Waals surface area contributed by atoms with E-state index in [9.17, 15) is 9.90 Å². The smallest absolute Gasteiger partial charge is 0.223 e. The number of rotatable bonds is 6. The van der Waals surface area contributed by atoms with Crippen molar-refractivity contribution in [3.63, 3.8) is 0 Å². The van der Waals surface area contributed by atoms with Crippen LogP contribution in [0.25, 0.3) is 0 Å². The molecule has 2 fully saturated rings. The molecule has 0 radical (unpaired) electrons. The van der Waals surface area contributed by atoms with Crippen molar-refractivity contribution < 1.29 is 14.6 Å². The monoisotopic (exact) mass is 256 g/mol. The van der Waals surface area contributed by atoms with E-state index in [1.54, 1.807) is 0 Å². The second-order valence-corrected chi connectivity index (χ2v) is 5.24. The zero-order valence-corrected chi connectivity index (χ0v) is 11.3. The van der Waals surface area contributed by atoms with Gasteiger partial charge in [-0.1, -0.05) is 13.8 Å². The number of aliphatic hydroxyl groups excluding tert-OH is 1. The summed E-state index contributed by atoms with van der Waals surface area (Å²) in [6.45, 7) is 7.23. The van der Waals surface area contributed by atoms with Gasteiger partial charge in [-0.3, -0.25) is 4.79 Å². The van der Waals surface area contributed by atoms with Crippen LogP contribution in [0.1, 0.15) is 26.7 Å². The highest BCUT2D eigenvalue weighted by Gasteiger charge is 2.39. The van der Waals surface area contributed by atoms with Crippen LogP contribution >= 0.6 is 0 Å². The van der Waals surface area contributed by atoms with E-state index in [1.165, 1.54) is 0 Å². The van der Waals surface area contributed by atoms with Crippen LogP contribution in [0.4, 0.5) is 0 Å². The molecule has 18 heavy (non-hydrogen) atoms. The van der Waals surface area contributed by atoms with Crippen LogP contribution in [0, 0.1) is 5.92 Å². The zero-order chi connectivity index (χ0) is 13.1. The Kier molecular flexibility index (Phi) is 4.59. The number of carbonyl (C=O) groups excluding carboxylic acids is 1. The Morgan fingerprint density at radius 1 is 1.39 bits per heavy atom. The van der Waals surface area contributed by atoms with E-state index in [0.717, 1.165) is 32.5 Å². The first-order valence-electron chi connectivity index (χ1n) is 6.98. The number of amides is 1. The first-order valence-corrected chi connectivity index (χ1v) is 6.98. The summed E-state index contributed by atoms with van der Waals surface area (Å²) in [6.07, 6.45) is 1.19. The lowest BCUT2D eigenvalue weighted by Crippen LogP contribution is -2.47. The average Bonchev–Trinajstić information content (AvgIpc) is 3.16. The van der Waals surface area contributed by atoms with Crippen molar-refractivity contribution in [3.8, 4) is 0 Å². The number of hydrogen-bond donors (Lipinski definition) is 2. The van der Waals surface area contributed by atoms with Gasteiger partial charge in [0.2, 0.25) is 5.91 Å². The Labute approximate surface area is 108 Å². The van der Waals surface area contributed by atoms with Crippen LogP contribution in [-0.2, 0) is 9.53 Å². The highest BCUT2D eigenvalue weighted by molar-refractivity contribution is 5.81. The number of likely N-dealkylation sites (N-methyl/N-ethyl adjacent to an activating group) is 1. The molecule has 3 atom stereocenters. The number of hydrogen-bond acceptors (Lipinski definition) is 4. The normalized spacial score (nSPS) is 31.9. The van der Waals surface area contributed by atoms with Crippen LogP contribution < -0.4 is 5.32 Å². The summed E-state index contributed by atoms with van der Waals surface area (Å²) >= 11 is 0. The van der Waals surface area contributed by atoms with Crippen LogP contribution in [0.15, 0.2) is 0 Å². The maximum atomic E-state index is 11.7. The quantitative estimate of drug-likeness (QED) is 0.701. The Balaban J connectivity index is 1.80. The van der Waals surface area contributed by atoms with E-state index in [1.807, 2.05) is 0 Å². The fourth-order valence-corrected chi connectivity index (χ4v) is 2.35. The van der Waals surface area contributed by atoms with E-state index in [2.05, 4.69) is 24.1 Å². The predicted octanol–water partition coefficient (Wildman–Crippen LogP) is -0.0173. The molecule has 0 spiro atoms. The number of ether oxygens (including phenoxy) is 1. The molecule has 0 aromatic heterocycles. The van der Waals surface area contributed by atoms with Crippen molar-refractivity contribution in [1.82, 2.24) is 10.2 Å². The Bertz CT molecular complexity index is 290. The molecule has 1 saturated carbocycles. The molecule has 0 unspecified atom stereocenters. The van der Waals surface area contributed by atoms with Gasteiger partial charge >= 0.3 is 0 Å². The molecule has 1 heterocycles. The van der Waals surface area contributed by atoms with Crippen LogP contribution in [0.2, 0.25) is 0 Å². The van der Waals surface area contributed by atoms with Gasteiger partial charge in [0.15, 0.2) is 0 Å². The Hall–Kier alpha value is -0.650. The zero-order valence-electron chi connectivity index (χ0n) is 11.3. The van der Waals surface area contributed by atoms with Gasteiger partial charge in [0, 0.05) is 12.5 Å². The topological polar surface area (TPSA) is 61.8 Å². The van der Waals surface area contributed by atoms with Gasteiger partial charge in [-0.25, -0.2) is 0 Å². The highest BCUT2D eigenvalue weighted by Crippen LogP contribution is 2.29. The van der Waals surface area contributed by atoms with E-state index in [4.69, 9.17) is 4.74 Å². The van der Waals surface area contributed by atoms with Gasteiger partial charge in [-0.05, 0) is 25.9 Å². The van der Waals surface area contributed by atoms with Gasteiger partial charge in [0.05, 0.1) is 18.8 Å². The lowest BCUT2D eigenvalue weighted by molar-refractivity contribution is -0.123. The van der Waals surface area contributed by atoms with Crippen molar-refractivity contribution in [2.24, 2.45) is 5.92 Å². The summed E-state index contributed by atoms with van der Waals surface area (Å²) in [5.74, 6) is 0.255. The van der Waals surface area contributed by atoms with Crippen molar-refractivity contribution in [1.29, 1.82) is 0 Å². The third-order valence-corrected chi connectivity index (χ3v) is 3.89. The highest BCUT2D eigenvalue weighted by atomic mass is 16.5. The largest absolute Gasteiger partial charge is 0.388 e. The molecule has 2 rings (SSSR count). The molecule has 2 aliphatic rings. The molecule has 2 N–H and O–H groups in total. The molecule has 104 valence electrons. The SMILES string of the molecule is CCN(CC)C[C@@H]1OC[C@@H](NC(=O)C2CC2)[C@H]1O. The molecule has 1 saturated heterocycles. The molecule has 1 aliphatic carbocycles. The number of nitrogens with zero attached hydrogens (tertiary/aromatic N) is 1. The second-order valence-electron chi connectivity index (χ2n) is 5.24. The first-order chi connectivity index (χ1) is 8.65. The Morgan fingerprint density at radius 3 is 2.61 bits per heavy atom. The molecule has 1 aliphatic heterocycles. The lowest BCUT2D eigenvalue weighted by Gasteiger charge is -2.24. The summed E-state index contributed by atoms with van der Waals surface area (Å²) < 4.78 is 5.61. The molecule has 5 heteroatoms. The molecule has 5 nitrogen and oxygen atoms in total. The summed E-state index contributed by atoms with van der Waals surface area (Å²) in [4.78, 5) is 13.9. The number of aliphatic hydroxyl groups is 1. The van der Waals surface area contributed by atoms with Crippen LogP contribution in [-0.4, -0.2) is 60.4 Å². The van der Waals surface area contributed by atoms with Crippen molar-refractivity contribution in [2.75, 3.05) is 26.2 Å². The number of nitrogens with one attached hydrogen (secondary N) is 1. The average molecular weight is 256 g/mol. The summed E-state index contributed by atoms with van der Waals surface area (Å²) in [7, 11) is 0. The van der Waals surface area contributed by atoms with Gasteiger partial charge in [0.25, 0.3) is 0 Å². The van der Waals surface area contributed by atoms with E-state index >= 15 is 0 Å². The lowest BCUT2D eigenvalue weighted by atomic mass is 10.1. The maximum absolute atomic E-state index is 11.7. The first kappa shape index (κ1) is 13.8. The molecule has 1 amide bonds.